The van der Waals surface area contributed by atoms with Crippen molar-refractivity contribution in [3.05, 3.63) is 33.8 Å². The van der Waals surface area contributed by atoms with Gasteiger partial charge in [-0.3, -0.25) is 4.79 Å². The number of rotatable bonds is 6. The quantitative estimate of drug-likeness (QED) is 0.862. The van der Waals surface area contributed by atoms with E-state index in [9.17, 15) is 4.79 Å². The second kappa shape index (κ2) is 5.85. The molecular formula is C13H15Cl2NO. The van der Waals surface area contributed by atoms with Gasteiger partial charge in [0.15, 0.2) is 5.78 Å². The lowest BCUT2D eigenvalue weighted by Gasteiger charge is -2.07. The average molecular weight is 272 g/mol. The molecule has 92 valence electrons. The van der Waals surface area contributed by atoms with Crippen molar-refractivity contribution in [3.8, 4) is 0 Å². The van der Waals surface area contributed by atoms with Gasteiger partial charge in [-0.25, -0.2) is 0 Å². The third-order valence-electron chi connectivity index (χ3n) is 2.89. The average Bonchev–Trinajstić information content (AvgIpc) is 3.08. The van der Waals surface area contributed by atoms with Crippen LogP contribution in [0.2, 0.25) is 10.0 Å². The first kappa shape index (κ1) is 12.9. The van der Waals surface area contributed by atoms with Crippen LogP contribution < -0.4 is 5.32 Å². The fraction of sp³-hybridized carbons (Fsp3) is 0.462. The summed E-state index contributed by atoms with van der Waals surface area (Å²) in [6.45, 7) is 1.35. The molecule has 1 N–H and O–H groups in total. The fourth-order valence-electron chi connectivity index (χ4n) is 1.70. The van der Waals surface area contributed by atoms with Crippen molar-refractivity contribution >= 4 is 29.0 Å². The lowest BCUT2D eigenvalue weighted by Crippen LogP contribution is -2.26. The zero-order chi connectivity index (χ0) is 12.3. The Labute approximate surface area is 111 Å². The van der Waals surface area contributed by atoms with Gasteiger partial charge in [0, 0.05) is 16.5 Å². The predicted molar refractivity (Wildman–Crippen MR) is 70.8 cm³/mol. The van der Waals surface area contributed by atoms with Crippen molar-refractivity contribution in [1.29, 1.82) is 0 Å². The maximum Gasteiger partial charge on any atom is 0.151 e. The van der Waals surface area contributed by atoms with E-state index in [1.54, 1.807) is 18.2 Å². The summed E-state index contributed by atoms with van der Waals surface area (Å²) in [5, 5.41) is 4.30. The van der Waals surface area contributed by atoms with Gasteiger partial charge in [0.05, 0.1) is 6.54 Å². The molecule has 0 spiro atoms. The van der Waals surface area contributed by atoms with E-state index in [4.69, 9.17) is 23.2 Å². The monoisotopic (exact) mass is 271 g/mol. The Bertz CT molecular complexity index is 396. The van der Waals surface area contributed by atoms with Gasteiger partial charge in [-0.1, -0.05) is 29.3 Å². The van der Waals surface area contributed by atoms with Crippen LogP contribution in [0.4, 0.5) is 0 Å². The van der Waals surface area contributed by atoms with Gasteiger partial charge in [0.1, 0.15) is 0 Å². The van der Waals surface area contributed by atoms with Gasteiger partial charge in [0.2, 0.25) is 0 Å². The summed E-state index contributed by atoms with van der Waals surface area (Å²) in [4.78, 5) is 11.7. The van der Waals surface area contributed by atoms with Crippen molar-refractivity contribution in [2.24, 2.45) is 5.92 Å². The van der Waals surface area contributed by atoms with Crippen molar-refractivity contribution in [2.75, 3.05) is 13.1 Å². The maximum absolute atomic E-state index is 11.7. The van der Waals surface area contributed by atoms with Crippen LogP contribution in [0.1, 0.15) is 18.4 Å². The number of halogens is 2. The molecule has 0 saturated heterocycles. The number of hydrogen-bond donors (Lipinski definition) is 1. The molecule has 17 heavy (non-hydrogen) atoms. The highest BCUT2D eigenvalue weighted by atomic mass is 35.5. The summed E-state index contributed by atoms with van der Waals surface area (Å²) in [5.41, 5.74) is 0.731. The molecule has 0 amide bonds. The van der Waals surface area contributed by atoms with Crippen LogP contribution in [-0.2, 0) is 11.2 Å². The van der Waals surface area contributed by atoms with Crippen LogP contribution >= 0.6 is 23.2 Å². The van der Waals surface area contributed by atoms with Crippen molar-refractivity contribution < 1.29 is 4.79 Å². The van der Waals surface area contributed by atoms with E-state index < -0.39 is 0 Å². The minimum absolute atomic E-state index is 0.126. The molecule has 0 unspecified atom stereocenters. The van der Waals surface area contributed by atoms with E-state index in [0.717, 1.165) is 18.0 Å². The summed E-state index contributed by atoms with van der Waals surface area (Å²) in [6, 6.07) is 5.30. The zero-order valence-corrected chi connectivity index (χ0v) is 11.0. The van der Waals surface area contributed by atoms with Crippen LogP contribution in [0.15, 0.2) is 18.2 Å². The first-order valence-corrected chi connectivity index (χ1v) is 6.57. The van der Waals surface area contributed by atoms with Gasteiger partial charge >= 0.3 is 0 Å². The van der Waals surface area contributed by atoms with Gasteiger partial charge in [-0.2, -0.15) is 0 Å². The highest BCUT2D eigenvalue weighted by molar-refractivity contribution is 6.36. The Morgan fingerprint density at radius 2 is 1.94 bits per heavy atom. The number of Topliss-reactive ketones (excluding diaryl/α,β-unsaturated/α-hetero) is 1. The van der Waals surface area contributed by atoms with Crippen LogP contribution in [0, 0.1) is 5.92 Å². The van der Waals surface area contributed by atoms with E-state index in [-0.39, 0.29) is 5.78 Å². The van der Waals surface area contributed by atoms with Crippen LogP contribution in [0.5, 0.6) is 0 Å². The zero-order valence-electron chi connectivity index (χ0n) is 9.51. The molecule has 4 heteroatoms. The third-order valence-corrected chi connectivity index (χ3v) is 3.60. The van der Waals surface area contributed by atoms with E-state index in [0.29, 0.717) is 23.0 Å². The van der Waals surface area contributed by atoms with E-state index in [1.165, 1.54) is 12.8 Å². The van der Waals surface area contributed by atoms with Crippen LogP contribution in [-0.4, -0.2) is 18.9 Å². The molecule has 0 heterocycles. The van der Waals surface area contributed by atoms with Gasteiger partial charge < -0.3 is 5.32 Å². The minimum Gasteiger partial charge on any atom is -0.310 e. The summed E-state index contributed by atoms with van der Waals surface area (Å²) in [7, 11) is 0. The second-order valence-corrected chi connectivity index (χ2v) is 5.30. The first-order chi connectivity index (χ1) is 8.16. The Balaban J connectivity index is 1.84. The minimum atomic E-state index is 0.126. The molecule has 1 fully saturated rings. The number of ketones is 1. The van der Waals surface area contributed by atoms with Gasteiger partial charge in [-0.05, 0) is 43.0 Å². The molecule has 1 aromatic rings. The molecule has 0 aromatic heterocycles. The molecule has 0 radical (unpaired) electrons. The lowest BCUT2D eigenvalue weighted by molar-refractivity contribution is -0.117. The number of carbonyl (C=O) groups is 1. The Morgan fingerprint density at radius 3 is 2.53 bits per heavy atom. The van der Waals surface area contributed by atoms with E-state index >= 15 is 0 Å². The van der Waals surface area contributed by atoms with Crippen LogP contribution in [0.3, 0.4) is 0 Å². The SMILES string of the molecule is O=C(CNCC1CC1)Cc1c(Cl)cccc1Cl. The molecule has 0 bridgehead atoms. The van der Waals surface area contributed by atoms with Crippen molar-refractivity contribution in [1.82, 2.24) is 5.32 Å². The number of nitrogens with one attached hydrogen (secondary N) is 1. The second-order valence-electron chi connectivity index (χ2n) is 4.49. The smallest absolute Gasteiger partial charge is 0.151 e. The third kappa shape index (κ3) is 3.98. The molecule has 1 aliphatic rings. The number of carbonyl (C=O) groups excluding carboxylic acids is 1. The molecule has 0 atom stereocenters. The topological polar surface area (TPSA) is 29.1 Å². The van der Waals surface area contributed by atoms with Gasteiger partial charge in [0.25, 0.3) is 0 Å². The summed E-state index contributed by atoms with van der Waals surface area (Å²) in [5.74, 6) is 0.910. The first-order valence-electron chi connectivity index (χ1n) is 5.82. The van der Waals surface area contributed by atoms with Crippen molar-refractivity contribution in [2.45, 2.75) is 19.3 Å². The van der Waals surface area contributed by atoms with Gasteiger partial charge in [-0.15, -0.1) is 0 Å². The molecule has 2 rings (SSSR count). The number of benzene rings is 1. The molecule has 1 aliphatic carbocycles. The standard InChI is InChI=1S/C13H15Cl2NO/c14-12-2-1-3-13(15)11(12)6-10(17)8-16-7-9-4-5-9/h1-3,9,16H,4-8H2. The molecular weight excluding hydrogens is 257 g/mol. The fourth-order valence-corrected chi connectivity index (χ4v) is 2.23. The van der Waals surface area contributed by atoms with Crippen LogP contribution in [0.25, 0.3) is 0 Å². The normalized spacial score (nSPS) is 14.9. The van der Waals surface area contributed by atoms with E-state index in [1.807, 2.05) is 0 Å². The highest BCUT2D eigenvalue weighted by Gasteiger charge is 2.20. The Hall–Kier alpha value is -0.570. The van der Waals surface area contributed by atoms with Crippen molar-refractivity contribution in [3.63, 3.8) is 0 Å². The van der Waals surface area contributed by atoms with E-state index in [2.05, 4.69) is 5.32 Å². The highest BCUT2D eigenvalue weighted by Crippen LogP contribution is 2.27. The summed E-state index contributed by atoms with van der Waals surface area (Å²) >= 11 is 12.0. The Morgan fingerprint density at radius 1 is 1.29 bits per heavy atom. The largest absolute Gasteiger partial charge is 0.310 e. The molecule has 2 nitrogen and oxygen atoms in total. The molecule has 1 saturated carbocycles. The summed E-state index contributed by atoms with van der Waals surface area (Å²) < 4.78 is 0. The number of hydrogen-bond acceptors (Lipinski definition) is 2. The lowest BCUT2D eigenvalue weighted by atomic mass is 10.1. The Kier molecular flexibility index (Phi) is 4.43. The summed E-state index contributed by atoms with van der Waals surface area (Å²) in [6.07, 6.45) is 2.88. The molecule has 0 aliphatic heterocycles. The molecule has 1 aromatic carbocycles. The maximum atomic E-state index is 11.7. The predicted octanol–water partition coefficient (Wildman–Crippen LogP) is 3.10.